The zero-order valence-corrected chi connectivity index (χ0v) is 13.6. The fraction of sp³-hybridized carbons (Fsp3) is 0.235. The molecule has 2 aromatic rings. The quantitative estimate of drug-likeness (QED) is 0.831. The van der Waals surface area contributed by atoms with Crippen molar-refractivity contribution in [1.82, 2.24) is 4.90 Å². The van der Waals surface area contributed by atoms with E-state index in [1.165, 1.54) is 0 Å². The van der Waals surface area contributed by atoms with E-state index < -0.39 is 11.6 Å². The lowest BCUT2D eigenvalue weighted by Gasteiger charge is -2.36. The van der Waals surface area contributed by atoms with E-state index >= 15 is 0 Å². The summed E-state index contributed by atoms with van der Waals surface area (Å²) in [5, 5.41) is 2.50. The third-order valence-electron chi connectivity index (χ3n) is 3.94. The molecule has 1 saturated heterocycles. The van der Waals surface area contributed by atoms with Crippen LogP contribution in [-0.2, 0) is 0 Å². The Hall–Kier alpha value is -2.34. The second-order valence-electron chi connectivity index (χ2n) is 5.49. The summed E-state index contributed by atoms with van der Waals surface area (Å²) < 4.78 is 26.4. The van der Waals surface area contributed by atoms with E-state index in [1.807, 2.05) is 30.3 Å². The summed E-state index contributed by atoms with van der Waals surface area (Å²) in [6.45, 7) is 2.45. The molecule has 0 unspecified atom stereocenters. The van der Waals surface area contributed by atoms with Gasteiger partial charge in [0.2, 0.25) is 0 Å². The number of urea groups is 1. The summed E-state index contributed by atoms with van der Waals surface area (Å²) in [5.74, 6) is -2.10. The average Bonchev–Trinajstić information content (AvgIpc) is 2.60. The molecule has 7 heteroatoms. The Morgan fingerprint density at radius 1 is 1.00 bits per heavy atom. The highest BCUT2D eigenvalue weighted by Crippen LogP contribution is 2.25. The van der Waals surface area contributed by atoms with Crippen molar-refractivity contribution in [3.8, 4) is 0 Å². The van der Waals surface area contributed by atoms with Crippen LogP contribution in [0.1, 0.15) is 0 Å². The van der Waals surface area contributed by atoms with E-state index in [2.05, 4.69) is 10.2 Å². The fourth-order valence-corrected chi connectivity index (χ4v) is 2.82. The predicted octanol–water partition coefficient (Wildman–Crippen LogP) is 3.97. The molecule has 0 radical (unpaired) electrons. The lowest BCUT2D eigenvalue weighted by atomic mass is 10.2. The molecule has 1 N–H and O–H groups in total. The molecule has 0 bridgehead atoms. The summed E-state index contributed by atoms with van der Waals surface area (Å²) in [6.07, 6.45) is 0. The highest BCUT2D eigenvalue weighted by Gasteiger charge is 2.22. The van der Waals surface area contributed by atoms with Crippen molar-refractivity contribution in [3.05, 3.63) is 59.1 Å². The SMILES string of the molecule is O=C(Nc1cc(F)c(F)cc1Cl)N1CCN(c2ccccc2)CC1. The van der Waals surface area contributed by atoms with Gasteiger partial charge in [-0.1, -0.05) is 29.8 Å². The molecule has 0 spiro atoms. The minimum Gasteiger partial charge on any atom is -0.368 e. The number of hydrogen-bond acceptors (Lipinski definition) is 2. The number of amides is 2. The first kappa shape index (κ1) is 16.5. The maximum atomic E-state index is 13.3. The zero-order chi connectivity index (χ0) is 17.1. The Bertz CT molecular complexity index is 734. The van der Waals surface area contributed by atoms with Crippen LogP contribution in [0.4, 0.5) is 25.0 Å². The van der Waals surface area contributed by atoms with Gasteiger partial charge in [0.1, 0.15) is 0 Å². The van der Waals surface area contributed by atoms with Gasteiger partial charge in [-0.2, -0.15) is 0 Å². The van der Waals surface area contributed by atoms with E-state index in [1.54, 1.807) is 4.90 Å². The van der Waals surface area contributed by atoms with Crippen LogP contribution in [0.25, 0.3) is 0 Å². The number of benzene rings is 2. The molecule has 1 aliphatic heterocycles. The lowest BCUT2D eigenvalue weighted by molar-refractivity contribution is 0.208. The van der Waals surface area contributed by atoms with Crippen LogP contribution < -0.4 is 10.2 Å². The second kappa shape index (κ2) is 7.05. The van der Waals surface area contributed by atoms with Gasteiger partial charge in [0.05, 0.1) is 10.7 Å². The number of rotatable bonds is 2. The standard InChI is InChI=1S/C17H16ClF2N3O/c18-13-10-14(19)15(20)11-16(13)21-17(24)23-8-6-22(7-9-23)12-4-2-1-3-5-12/h1-5,10-11H,6-9H2,(H,21,24). The number of nitrogens with one attached hydrogen (secondary N) is 1. The number of nitrogens with zero attached hydrogens (tertiary/aromatic N) is 2. The Kier molecular flexibility index (Phi) is 4.85. The molecule has 0 saturated carbocycles. The summed E-state index contributed by atoms with van der Waals surface area (Å²) in [6, 6.07) is 11.3. The Morgan fingerprint density at radius 2 is 1.62 bits per heavy atom. The summed E-state index contributed by atoms with van der Waals surface area (Å²) in [5.41, 5.74) is 1.17. The maximum absolute atomic E-state index is 13.3. The van der Waals surface area contributed by atoms with Crippen LogP contribution in [0.5, 0.6) is 0 Å². The van der Waals surface area contributed by atoms with Crippen LogP contribution in [0.3, 0.4) is 0 Å². The van der Waals surface area contributed by atoms with Crippen molar-refractivity contribution in [1.29, 1.82) is 0 Å². The number of carbonyl (C=O) groups is 1. The molecule has 4 nitrogen and oxygen atoms in total. The summed E-state index contributed by atoms with van der Waals surface area (Å²) >= 11 is 5.84. The molecule has 1 fully saturated rings. The van der Waals surface area contributed by atoms with Crippen molar-refractivity contribution in [3.63, 3.8) is 0 Å². The molecule has 3 rings (SSSR count). The molecule has 0 aliphatic carbocycles. The van der Waals surface area contributed by atoms with Gasteiger partial charge in [-0.05, 0) is 18.2 Å². The van der Waals surface area contributed by atoms with E-state index in [-0.39, 0.29) is 16.7 Å². The van der Waals surface area contributed by atoms with Crippen LogP contribution in [0.15, 0.2) is 42.5 Å². The van der Waals surface area contributed by atoms with Crippen molar-refractivity contribution in [2.24, 2.45) is 0 Å². The van der Waals surface area contributed by atoms with Crippen molar-refractivity contribution in [2.75, 3.05) is 36.4 Å². The average molecular weight is 352 g/mol. The van der Waals surface area contributed by atoms with Gasteiger partial charge >= 0.3 is 6.03 Å². The molecule has 1 aliphatic rings. The summed E-state index contributed by atoms with van der Waals surface area (Å²) in [7, 11) is 0. The van der Waals surface area contributed by atoms with Gasteiger partial charge in [0.15, 0.2) is 11.6 Å². The number of piperazine rings is 1. The van der Waals surface area contributed by atoms with Gasteiger partial charge in [-0.25, -0.2) is 13.6 Å². The van der Waals surface area contributed by atoms with Gasteiger partial charge < -0.3 is 15.1 Å². The normalized spacial score (nSPS) is 14.6. The number of anilines is 2. The van der Waals surface area contributed by atoms with Crippen LogP contribution >= 0.6 is 11.6 Å². The first-order chi connectivity index (χ1) is 11.5. The highest BCUT2D eigenvalue weighted by atomic mass is 35.5. The minimum atomic E-state index is -1.05. The monoisotopic (exact) mass is 351 g/mol. The van der Waals surface area contributed by atoms with Crippen molar-refractivity contribution in [2.45, 2.75) is 0 Å². The third kappa shape index (κ3) is 3.59. The minimum absolute atomic E-state index is 0.0369. The summed E-state index contributed by atoms with van der Waals surface area (Å²) in [4.78, 5) is 16.1. The van der Waals surface area contributed by atoms with E-state index in [0.29, 0.717) is 26.2 Å². The number of carbonyl (C=O) groups excluding carboxylic acids is 1. The van der Waals surface area contributed by atoms with Gasteiger partial charge in [0, 0.05) is 37.9 Å². The second-order valence-corrected chi connectivity index (χ2v) is 5.89. The lowest BCUT2D eigenvalue weighted by Crippen LogP contribution is -2.50. The topological polar surface area (TPSA) is 35.6 Å². The number of hydrogen-bond donors (Lipinski definition) is 1. The van der Waals surface area contributed by atoms with E-state index in [4.69, 9.17) is 11.6 Å². The van der Waals surface area contributed by atoms with Crippen LogP contribution in [0, 0.1) is 11.6 Å². The number of para-hydroxylation sites is 1. The van der Waals surface area contributed by atoms with Crippen molar-refractivity contribution >= 4 is 29.0 Å². The molecule has 0 aromatic heterocycles. The van der Waals surface area contributed by atoms with Gasteiger partial charge in [-0.15, -0.1) is 0 Å². The Morgan fingerprint density at radius 3 is 2.29 bits per heavy atom. The van der Waals surface area contributed by atoms with Gasteiger partial charge in [-0.3, -0.25) is 0 Å². The van der Waals surface area contributed by atoms with Gasteiger partial charge in [0.25, 0.3) is 0 Å². The molecular weight excluding hydrogens is 336 g/mol. The smallest absolute Gasteiger partial charge is 0.322 e. The first-order valence-electron chi connectivity index (χ1n) is 7.55. The van der Waals surface area contributed by atoms with Crippen molar-refractivity contribution < 1.29 is 13.6 Å². The Labute approximate surface area is 143 Å². The molecule has 126 valence electrons. The molecule has 24 heavy (non-hydrogen) atoms. The largest absolute Gasteiger partial charge is 0.368 e. The predicted molar refractivity (Wildman–Crippen MR) is 90.6 cm³/mol. The maximum Gasteiger partial charge on any atom is 0.322 e. The zero-order valence-electron chi connectivity index (χ0n) is 12.8. The Balaban J connectivity index is 1.61. The number of halogens is 3. The molecule has 0 atom stereocenters. The molecule has 2 aromatic carbocycles. The van der Waals surface area contributed by atoms with Crippen LogP contribution in [-0.4, -0.2) is 37.1 Å². The molecular formula is C17H16ClF2N3O. The van der Waals surface area contributed by atoms with E-state index in [9.17, 15) is 13.6 Å². The highest BCUT2D eigenvalue weighted by molar-refractivity contribution is 6.33. The molecule has 1 heterocycles. The van der Waals surface area contributed by atoms with Crippen LogP contribution in [0.2, 0.25) is 5.02 Å². The first-order valence-corrected chi connectivity index (χ1v) is 7.93. The molecule has 2 amide bonds. The van der Waals surface area contributed by atoms with E-state index in [0.717, 1.165) is 17.8 Å². The fourth-order valence-electron chi connectivity index (χ4n) is 2.62. The third-order valence-corrected chi connectivity index (χ3v) is 4.25.